The van der Waals surface area contributed by atoms with E-state index in [2.05, 4.69) is 131 Å². The van der Waals surface area contributed by atoms with Gasteiger partial charge in [-0.3, -0.25) is 0 Å². The van der Waals surface area contributed by atoms with E-state index in [1.54, 1.807) is 3.28 Å². The maximum atomic E-state index is 2.70. The molecule has 1 atom stereocenters. The Hall–Kier alpha value is -2.02. The van der Waals surface area contributed by atoms with E-state index in [1.165, 1.54) is 17.7 Å². The third-order valence-corrected chi connectivity index (χ3v) is 48.5. The second-order valence-corrected chi connectivity index (χ2v) is 58.1. The van der Waals surface area contributed by atoms with Crippen LogP contribution in [0, 0.1) is 0 Å². The van der Waals surface area contributed by atoms with Gasteiger partial charge in [-0.05, 0) is 0 Å². The zero-order valence-electron chi connectivity index (χ0n) is 18.0. The molecule has 0 saturated heterocycles. The molecule has 1 unspecified atom stereocenters. The van der Waals surface area contributed by atoms with Crippen molar-refractivity contribution in [2.45, 2.75) is 19.3 Å². The molecule has 3 aromatic carbocycles. The van der Waals surface area contributed by atoms with Crippen LogP contribution >= 0.6 is 0 Å². The second kappa shape index (κ2) is 5.61. The van der Waals surface area contributed by atoms with E-state index in [1.807, 2.05) is 0 Å². The summed E-state index contributed by atoms with van der Waals surface area (Å²) in [7, 11) is 0. The number of fused-ring (bicyclic) bond motifs is 1. The molecule has 2 aliphatic carbocycles. The monoisotopic (exact) mass is 484 g/mol. The summed E-state index contributed by atoms with van der Waals surface area (Å²) in [5.74, 6) is 0. The van der Waals surface area contributed by atoms with Crippen molar-refractivity contribution in [1.82, 2.24) is 0 Å². The van der Waals surface area contributed by atoms with Gasteiger partial charge in [0.2, 0.25) is 0 Å². The Morgan fingerprint density at radius 1 is 0.767 bits per heavy atom. The Labute approximate surface area is 176 Å². The van der Waals surface area contributed by atoms with E-state index in [4.69, 9.17) is 0 Å². The summed E-state index contributed by atoms with van der Waals surface area (Å²) < 4.78 is 10.4. The van der Waals surface area contributed by atoms with Crippen LogP contribution in [0.5, 0.6) is 0 Å². The normalized spacial score (nSPS) is 21.2. The molecule has 0 nitrogen and oxygen atoms in total. The molecule has 0 aromatic heterocycles. The van der Waals surface area contributed by atoms with Crippen molar-refractivity contribution in [3.8, 4) is 0 Å². The Morgan fingerprint density at radius 3 is 1.90 bits per heavy atom. The van der Waals surface area contributed by atoms with Crippen LogP contribution in [0.25, 0.3) is 6.08 Å². The molecule has 30 heavy (non-hydrogen) atoms. The third kappa shape index (κ3) is 2.05. The molecular formula is C28H30SiZr. The van der Waals surface area contributed by atoms with Gasteiger partial charge in [0.15, 0.2) is 0 Å². The van der Waals surface area contributed by atoms with Crippen molar-refractivity contribution >= 4 is 19.5 Å². The standard InChI is InChI=1S/C9H7.2C6H5.C5H5.2CH3.H2Si.Zr/c1-2-5-9-7-3-6-8(9)4-1;2*1-2-4-6-5-3-1;1-2-4-5-3-1;;;;/h1-7H;2*1-5H;1-3H,4H2;2*1H3;1H2;. The molecule has 0 bridgehead atoms. The van der Waals surface area contributed by atoms with Gasteiger partial charge in [-0.25, -0.2) is 0 Å². The summed E-state index contributed by atoms with van der Waals surface area (Å²) in [4.78, 5) is 0. The predicted octanol–water partition coefficient (Wildman–Crippen LogP) is 5.65. The van der Waals surface area contributed by atoms with Crippen molar-refractivity contribution in [3.05, 3.63) is 124 Å². The maximum absolute atomic E-state index is 5.19. The van der Waals surface area contributed by atoms with E-state index in [-0.39, 0.29) is 0 Å². The first kappa shape index (κ1) is 19.9. The van der Waals surface area contributed by atoms with Crippen LogP contribution in [0.3, 0.4) is 0 Å². The molecule has 0 radical (unpaired) electrons. The summed E-state index contributed by atoms with van der Waals surface area (Å²) in [5.41, 5.74) is 2.84. The van der Waals surface area contributed by atoms with Crippen LogP contribution < -0.4 is 6.54 Å². The number of hydrogen-bond donors (Lipinski definition) is 0. The first-order valence-corrected chi connectivity index (χ1v) is 26.9. The summed E-state index contributed by atoms with van der Waals surface area (Å²) >= 11 is -5.19. The van der Waals surface area contributed by atoms with Gasteiger partial charge in [-0.2, -0.15) is 0 Å². The van der Waals surface area contributed by atoms with E-state index >= 15 is 0 Å². The number of allylic oxidation sites excluding steroid dienone is 5. The molecule has 0 fully saturated rings. The first-order chi connectivity index (χ1) is 14.3. The molecular weight excluding hydrogens is 456 g/mol. The van der Waals surface area contributed by atoms with Crippen LogP contribution in [0.1, 0.15) is 21.2 Å². The fraction of sp³-hybridized carbons (Fsp3) is 0.143. The van der Waals surface area contributed by atoms with Gasteiger partial charge in [0.05, 0.1) is 0 Å². The number of hydrogen-bond acceptors (Lipinski definition) is 0. The van der Waals surface area contributed by atoms with Gasteiger partial charge in [-0.1, -0.05) is 0 Å². The van der Waals surface area contributed by atoms with Crippen molar-refractivity contribution < 1.29 is 14.4 Å². The minimum atomic E-state index is -5.19. The molecule has 150 valence electrons. The van der Waals surface area contributed by atoms with Crippen molar-refractivity contribution in [2.75, 3.05) is 0 Å². The van der Waals surface area contributed by atoms with Crippen molar-refractivity contribution in [3.63, 3.8) is 0 Å². The summed E-state index contributed by atoms with van der Waals surface area (Å²) in [6.45, 7) is 2.37. The first-order valence-electron chi connectivity index (χ1n) is 11.0. The van der Waals surface area contributed by atoms with E-state index < -0.39 is 14.4 Å². The van der Waals surface area contributed by atoms with Crippen LogP contribution in [0.2, 0.25) is 9.26 Å². The van der Waals surface area contributed by atoms with Gasteiger partial charge >= 0.3 is 177 Å². The zero-order chi connectivity index (χ0) is 21.0. The topological polar surface area (TPSA) is 0 Å². The Kier molecular flexibility index (Phi) is 3.72. The van der Waals surface area contributed by atoms with E-state index in [9.17, 15) is 0 Å². The molecule has 0 heterocycles. The van der Waals surface area contributed by atoms with Crippen LogP contribution in [-0.2, 0) is 14.4 Å². The molecule has 0 spiro atoms. The van der Waals surface area contributed by atoms with Gasteiger partial charge in [0, 0.05) is 0 Å². The summed E-state index contributed by atoms with van der Waals surface area (Å²) in [6.07, 6.45) is 13.0. The zero-order valence-corrected chi connectivity index (χ0v) is 21.8. The average Bonchev–Trinajstić information content (AvgIpc) is 3.47. The van der Waals surface area contributed by atoms with E-state index in [0.29, 0.717) is 3.63 Å². The van der Waals surface area contributed by atoms with Crippen molar-refractivity contribution in [1.29, 1.82) is 0 Å². The van der Waals surface area contributed by atoms with Gasteiger partial charge < -0.3 is 0 Å². The van der Waals surface area contributed by atoms with Gasteiger partial charge in [-0.15, -0.1) is 0 Å². The fourth-order valence-electron chi connectivity index (χ4n) is 6.95. The summed E-state index contributed by atoms with van der Waals surface area (Å²) in [6, 6.07) is 31.9. The second-order valence-electron chi connectivity index (χ2n) is 11.3. The Morgan fingerprint density at radius 2 is 1.33 bits per heavy atom. The molecule has 0 saturated carbocycles. The molecule has 0 aliphatic heterocycles. The van der Waals surface area contributed by atoms with Crippen molar-refractivity contribution in [2.24, 2.45) is 0 Å². The summed E-state index contributed by atoms with van der Waals surface area (Å²) in [5, 5.41) is 0. The Bertz CT molecular complexity index is 1330. The predicted molar refractivity (Wildman–Crippen MR) is 132 cm³/mol. The Balaban J connectivity index is 2.09. The molecule has 0 N–H and O–H groups in total. The van der Waals surface area contributed by atoms with Crippen LogP contribution in [-0.4, -0.2) is 6.88 Å². The van der Waals surface area contributed by atoms with Crippen LogP contribution in [0.4, 0.5) is 0 Å². The van der Waals surface area contributed by atoms with Crippen LogP contribution in [0.15, 0.2) is 113 Å². The number of rotatable bonds is 4. The minimum absolute atomic E-state index is 0.326. The molecule has 3 aromatic rings. The molecule has 0 amide bonds. The fourth-order valence-corrected chi connectivity index (χ4v) is 37.3. The quantitative estimate of drug-likeness (QED) is 0.419. The molecule has 5 rings (SSSR count). The van der Waals surface area contributed by atoms with Gasteiger partial charge in [0.25, 0.3) is 0 Å². The average molecular weight is 486 g/mol. The molecule has 2 aliphatic rings. The SMILES string of the molecule is [CH3][Zr]([CH3])(=[SiH2])([C]1=CC=CC1)([c]1ccccc1)([c]1ccccc1)[CH]1C=Cc2ccccc21. The number of benzene rings is 3. The third-order valence-electron chi connectivity index (χ3n) is 9.28. The van der Waals surface area contributed by atoms with Gasteiger partial charge in [0.1, 0.15) is 0 Å². The van der Waals surface area contributed by atoms with E-state index in [0.717, 1.165) is 6.42 Å². The molecule has 2 heteroatoms.